The van der Waals surface area contributed by atoms with E-state index >= 15 is 0 Å². The second-order valence-electron chi connectivity index (χ2n) is 9.02. The van der Waals surface area contributed by atoms with Crippen LogP contribution < -0.4 is 4.90 Å². The van der Waals surface area contributed by atoms with Gasteiger partial charge in [0.1, 0.15) is 10.6 Å². The summed E-state index contributed by atoms with van der Waals surface area (Å²) in [6.07, 6.45) is 0. The number of benzene rings is 3. The SMILES string of the molecule is Cn1c(O)c(N=Nc2ccc([N+](=O)[O-])cc2S(=O)(=O)N2CCN(c3ccc([N+](=O)[O-])cc3)CC2)c2ccccc21. The van der Waals surface area contributed by atoms with Crippen LogP contribution in [-0.4, -0.2) is 58.4 Å². The van der Waals surface area contributed by atoms with Gasteiger partial charge in [-0.05, 0) is 24.3 Å². The highest BCUT2D eigenvalue weighted by molar-refractivity contribution is 7.89. The number of sulfonamides is 1. The fourth-order valence-electron chi connectivity index (χ4n) is 4.58. The Hall–Kier alpha value is -4.89. The standard InChI is InChI=1S/C25H23N7O7S/c1-28-22-5-3-2-4-20(22)24(25(28)33)27-26-21-11-10-19(32(36)37)16-23(21)40(38,39)30-14-12-29(13-15-30)17-6-8-18(9-7-17)31(34)35/h2-11,16,33H,12-15H2,1H3. The number of hydrogen-bond acceptors (Lipinski definition) is 10. The van der Waals surface area contributed by atoms with E-state index in [2.05, 4.69) is 10.2 Å². The smallest absolute Gasteiger partial charge is 0.270 e. The first-order valence-electron chi connectivity index (χ1n) is 12.0. The van der Waals surface area contributed by atoms with Crippen LogP contribution in [0.5, 0.6) is 5.88 Å². The molecule has 0 aliphatic carbocycles. The van der Waals surface area contributed by atoms with Gasteiger partial charge < -0.3 is 14.6 Å². The van der Waals surface area contributed by atoms with Crippen LogP contribution in [0.3, 0.4) is 0 Å². The van der Waals surface area contributed by atoms with E-state index in [1.54, 1.807) is 43.4 Å². The van der Waals surface area contributed by atoms with Gasteiger partial charge in [-0.1, -0.05) is 18.2 Å². The van der Waals surface area contributed by atoms with Crippen LogP contribution in [0.2, 0.25) is 0 Å². The normalized spacial score (nSPS) is 14.7. The Morgan fingerprint density at radius 1 is 0.850 bits per heavy atom. The van der Waals surface area contributed by atoms with Crippen LogP contribution in [0.25, 0.3) is 10.9 Å². The van der Waals surface area contributed by atoms with Crippen molar-refractivity contribution in [3.8, 4) is 5.88 Å². The van der Waals surface area contributed by atoms with Crippen LogP contribution in [-0.2, 0) is 17.1 Å². The molecule has 40 heavy (non-hydrogen) atoms. The van der Waals surface area contributed by atoms with E-state index in [0.717, 1.165) is 12.1 Å². The van der Waals surface area contributed by atoms with Crippen molar-refractivity contribution in [1.29, 1.82) is 0 Å². The van der Waals surface area contributed by atoms with Gasteiger partial charge in [0.2, 0.25) is 15.9 Å². The Morgan fingerprint density at radius 3 is 2.12 bits per heavy atom. The zero-order valence-electron chi connectivity index (χ0n) is 21.1. The largest absolute Gasteiger partial charge is 0.493 e. The maximum atomic E-state index is 13.7. The quantitative estimate of drug-likeness (QED) is 0.191. The van der Waals surface area contributed by atoms with Gasteiger partial charge in [-0.15, -0.1) is 10.2 Å². The fourth-order valence-corrected chi connectivity index (χ4v) is 6.14. The number of hydrogen-bond donors (Lipinski definition) is 1. The lowest BCUT2D eigenvalue weighted by Crippen LogP contribution is -2.48. The molecule has 1 N–H and O–H groups in total. The first kappa shape index (κ1) is 26.7. The second-order valence-corrected chi connectivity index (χ2v) is 10.9. The Morgan fingerprint density at radius 2 is 1.48 bits per heavy atom. The third kappa shape index (κ3) is 4.83. The first-order valence-corrected chi connectivity index (χ1v) is 13.5. The number of anilines is 1. The molecule has 5 rings (SSSR count). The summed E-state index contributed by atoms with van der Waals surface area (Å²) in [5.74, 6) is -0.168. The average Bonchev–Trinajstić information content (AvgIpc) is 3.20. The predicted molar refractivity (Wildman–Crippen MR) is 146 cm³/mol. The van der Waals surface area contributed by atoms with Crippen molar-refractivity contribution < 1.29 is 23.4 Å². The molecule has 0 unspecified atom stereocenters. The van der Waals surface area contributed by atoms with Gasteiger partial charge in [-0.3, -0.25) is 20.2 Å². The lowest BCUT2D eigenvalue weighted by Gasteiger charge is -2.35. The molecule has 1 saturated heterocycles. The molecule has 1 aliphatic rings. The number of aryl methyl sites for hydroxylation is 1. The number of azo groups is 1. The van der Waals surface area contributed by atoms with E-state index in [1.807, 2.05) is 4.90 Å². The Kier molecular flexibility index (Phi) is 6.91. The Bertz CT molecular complexity index is 1760. The minimum Gasteiger partial charge on any atom is -0.493 e. The van der Waals surface area contributed by atoms with E-state index in [0.29, 0.717) is 29.7 Å². The van der Waals surface area contributed by atoms with E-state index in [1.165, 1.54) is 27.1 Å². The van der Waals surface area contributed by atoms with Gasteiger partial charge in [0.05, 0.1) is 15.4 Å². The number of aromatic hydroxyl groups is 1. The molecule has 0 amide bonds. The number of aromatic nitrogens is 1. The summed E-state index contributed by atoms with van der Waals surface area (Å²) in [5.41, 5.74) is 0.954. The molecule has 206 valence electrons. The van der Waals surface area contributed by atoms with Crippen molar-refractivity contribution in [3.63, 3.8) is 0 Å². The molecule has 2 heterocycles. The Balaban J connectivity index is 1.44. The van der Waals surface area contributed by atoms with Crippen molar-refractivity contribution in [2.75, 3.05) is 31.1 Å². The van der Waals surface area contributed by atoms with Gasteiger partial charge in [0.25, 0.3) is 11.4 Å². The molecule has 0 spiro atoms. The highest BCUT2D eigenvalue weighted by Crippen LogP contribution is 2.40. The van der Waals surface area contributed by atoms with Gasteiger partial charge >= 0.3 is 0 Å². The number of para-hydroxylation sites is 1. The molecule has 0 radical (unpaired) electrons. The lowest BCUT2D eigenvalue weighted by atomic mass is 10.2. The molecule has 4 aromatic rings. The minimum atomic E-state index is -4.23. The maximum absolute atomic E-state index is 13.7. The summed E-state index contributed by atoms with van der Waals surface area (Å²) >= 11 is 0. The lowest BCUT2D eigenvalue weighted by molar-refractivity contribution is -0.385. The molecule has 1 fully saturated rings. The number of nitrogens with zero attached hydrogens (tertiary/aromatic N) is 7. The monoisotopic (exact) mass is 565 g/mol. The molecule has 1 aliphatic heterocycles. The van der Waals surface area contributed by atoms with Crippen molar-refractivity contribution in [2.24, 2.45) is 17.3 Å². The third-order valence-electron chi connectivity index (χ3n) is 6.74. The minimum absolute atomic E-state index is 0.0471. The number of fused-ring (bicyclic) bond motifs is 1. The van der Waals surface area contributed by atoms with E-state index in [4.69, 9.17) is 0 Å². The van der Waals surface area contributed by atoms with E-state index < -0.39 is 25.6 Å². The van der Waals surface area contributed by atoms with Gasteiger partial charge in [0, 0.05) is 68.6 Å². The molecule has 14 nitrogen and oxygen atoms in total. The highest BCUT2D eigenvalue weighted by atomic mass is 32.2. The summed E-state index contributed by atoms with van der Waals surface area (Å²) < 4.78 is 30.1. The molecule has 0 atom stereocenters. The molecule has 15 heteroatoms. The predicted octanol–water partition coefficient (Wildman–Crippen LogP) is 4.63. The molecule has 3 aromatic carbocycles. The van der Waals surface area contributed by atoms with E-state index in [-0.39, 0.29) is 40.9 Å². The van der Waals surface area contributed by atoms with Crippen molar-refractivity contribution >= 4 is 49.4 Å². The van der Waals surface area contributed by atoms with Crippen LogP contribution in [0.1, 0.15) is 0 Å². The number of non-ortho nitro benzene ring substituents is 2. The third-order valence-corrected chi connectivity index (χ3v) is 8.67. The van der Waals surface area contributed by atoms with Crippen molar-refractivity contribution in [3.05, 3.63) is 87.0 Å². The number of nitro benzene ring substituents is 2. The number of rotatable bonds is 7. The van der Waals surface area contributed by atoms with E-state index in [9.17, 15) is 33.8 Å². The van der Waals surface area contributed by atoms with Crippen molar-refractivity contribution in [1.82, 2.24) is 8.87 Å². The first-order chi connectivity index (χ1) is 19.1. The van der Waals surface area contributed by atoms with Crippen LogP contribution in [0, 0.1) is 20.2 Å². The van der Waals surface area contributed by atoms with Crippen LogP contribution in [0.4, 0.5) is 28.4 Å². The summed E-state index contributed by atoms with van der Waals surface area (Å²) in [5, 5.41) is 41.8. The molecule has 1 aromatic heterocycles. The average molecular weight is 566 g/mol. The van der Waals surface area contributed by atoms with Crippen molar-refractivity contribution in [2.45, 2.75) is 4.90 Å². The van der Waals surface area contributed by atoms with Gasteiger partial charge in [0.15, 0.2) is 5.69 Å². The molecular formula is C25H23N7O7S. The summed E-state index contributed by atoms with van der Waals surface area (Å²) in [6.45, 7) is 0.741. The number of nitro groups is 2. The maximum Gasteiger partial charge on any atom is 0.270 e. The Labute approximate surface area is 227 Å². The zero-order chi connectivity index (χ0) is 28.6. The highest BCUT2D eigenvalue weighted by Gasteiger charge is 2.32. The molecular weight excluding hydrogens is 542 g/mol. The van der Waals surface area contributed by atoms with Gasteiger partial charge in [-0.2, -0.15) is 4.31 Å². The molecule has 0 saturated carbocycles. The topological polar surface area (TPSA) is 177 Å². The van der Waals surface area contributed by atoms with Gasteiger partial charge in [-0.25, -0.2) is 8.42 Å². The summed E-state index contributed by atoms with van der Waals surface area (Å²) in [4.78, 5) is 22.7. The number of piperazine rings is 1. The summed E-state index contributed by atoms with van der Waals surface area (Å²) in [7, 11) is -2.59. The summed E-state index contributed by atoms with van der Waals surface area (Å²) in [6, 6.07) is 16.4. The zero-order valence-corrected chi connectivity index (χ0v) is 21.9. The second kappa shape index (κ2) is 10.3. The fraction of sp³-hybridized carbons (Fsp3) is 0.200. The molecule has 0 bridgehead atoms. The van der Waals surface area contributed by atoms with Crippen LogP contribution >= 0.6 is 0 Å². The van der Waals surface area contributed by atoms with Crippen LogP contribution in [0.15, 0.2) is 81.9 Å².